The normalized spacial score (nSPS) is 16.2. The first-order valence-corrected chi connectivity index (χ1v) is 8.22. The third kappa shape index (κ3) is 4.91. The average molecular weight is 267 g/mol. The first kappa shape index (κ1) is 15.4. The molecule has 0 radical (unpaired) electrons. The van der Waals surface area contributed by atoms with Crippen LogP contribution in [-0.4, -0.2) is 21.8 Å². The molecule has 0 saturated heterocycles. The number of benzene rings is 1. The molecule has 2 nitrogen and oxygen atoms in total. The molecule has 0 heterocycles. The molecule has 102 valence electrons. The standard InChI is InChI=1S/C15H25NOS/c1-4-11-16-15(12-18(17)13(3)5-2)14-9-7-6-8-10-14/h6-10,13,15-16H,4-5,11-12H2,1-3H3. The molecule has 0 aliphatic heterocycles. The maximum atomic E-state index is 12.2. The van der Waals surface area contributed by atoms with Gasteiger partial charge in [-0.25, -0.2) is 0 Å². The van der Waals surface area contributed by atoms with Gasteiger partial charge < -0.3 is 5.32 Å². The van der Waals surface area contributed by atoms with E-state index >= 15 is 0 Å². The summed E-state index contributed by atoms with van der Waals surface area (Å²) in [6.07, 6.45) is 2.07. The quantitative estimate of drug-likeness (QED) is 0.783. The topological polar surface area (TPSA) is 29.1 Å². The van der Waals surface area contributed by atoms with Gasteiger partial charge in [-0.3, -0.25) is 4.21 Å². The number of hydrogen-bond acceptors (Lipinski definition) is 2. The van der Waals surface area contributed by atoms with E-state index in [1.165, 1.54) is 5.56 Å². The Kier molecular flexibility index (Phi) is 7.21. The molecular formula is C15H25NOS. The van der Waals surface area contributed by atoms with Gasteiger partial charge in [0.2, 0.25) is 0 Å². The van der Waals surface area contributed by atoms with Crippen LogP contribution in [0.4, 0.5) is 0 Å². The highest BCUT2D eigenvalue weighted by Gasteiger charge is 2.17. The van der Waals surface area contributed by atoms with E-state index in [-0.39, 0.29) is 11.3 Å². The van der Waals surface area contributed by atoms with E-state index in [0.717, 1.165) is 19.4 Å². The Labute approximate surface area is 114 Å². The van der Waals surface area contributed by atoms with Gasteiger partial charge in [-0.05, 0) is 24.9 Å². The van der Waals surface area contributed by atoms with E-state index in [4.69, 9.17) is 0 Å². The van der Waals surface area contributed by atoms with Crippen molar-refractivity contribution >= 4 is 10.8 Å². The van der Waals surface area contributed by atoms with Crippen molar-refractivity contribution in [3.05, 3.63) is 35.9 Å². The molecule has 0 aliphatic carbocycles. The zero-order valence-corrected chi connectivity index (χ0v) is 12.5. The summed E-state index contributed by atoms with van der Waals surface area (Å²) in [6, 6.07) is 10.5. The molecule has 3 atom stereocenters. The lowest BCUT2D eigenvalue weighted by Crippen LogP contribution is -2.29. The van der Waals surface area contributed by atoms with E-state index < -0.39 is 10.8 Å². The minimum atomic E-state index is -0.761. The average Bonchev–Trinajstić information content (AvgIpc) is 2.43. The fourth-order valence-corrected chi connectivity index (χ4v) is 3.13. The van der Waals surface area contributed by atoms with Crippen molar-refractivity contribution < 1.29 is 4.21 Å². The van der Waals surface area contributed by atoms with Gasteiger partial charge in [0, 0.05) is 27.8 Å². The van der Waals surface area contributed by atoms with Crippen LogP contribution in [0.3, 0.4) is 0 Å². The van der Waals surface area contributed by atoms with Crippen molar-refractivity contribution in [2.75, 3.05) is 12.3 Å². The molecule has 1 aromatic rings. The minimum Gasteiger partial charge on any atom is -0.309 e. The summed E-state index contributed by atoms with van der Waals surface area (Å²) in [5.74, 6) is 0.707. The summed E-state index contributed by atoms with van der Waals surface area (Å²) in [6.45, 7) is 7.29. The van der Waals surface area contributed by atoms with Crippen LogP contribution in [0.2, 0.25) is 0 Å². The summed E-state index contributed by atoms with van der Waals surface area (Å²) in [4.78, 5) is 0. The lowest BCUT2D eigenvalue weighted by Gasteiger charge is -2.20. The Morgan fingerprint density at radius 2 is 1.89 bits per heavy atom. The third-order valence-corrected chi connectivity index (χ3v) is 5.09. The van der Waals surface area contributed by atoms with Gasteiger partial charge in [-0.15, -0.1) is 0 Å². The van der Waals surface area contributed by atoms with Crippen molar-refractivity contribution in [2.45, 2.75) is 44.9 Å². The van der Waals surface area contributed by atoms with Gasteiger partial charge >= 0.3 is 0 Å². The Morgan fingerprint density at radius 1 is 1.22 bits per heavy atom. The van der Waals surface area contributed by atoms with E-state index in [2.05, 4.69) is 38.2 Å². The van der Waals surface area contributed by atoms with Crippen molar-refractivity contribution in [1.29, 1.82) is 0 Å². The van der Waals surface area contributed by atoms with Crippen LogP contribution < -0.4 is 5.32 Å². The summed E-state index contributed by atoms with van der Waals surface area (Å²) < 4.78 is 12.2. The molecule has 0 aliphatic rings. The van der Waals surface area contributed by atoms with E-state index in [1.54, 1.807) is 0 Å². The molecule has 1 rings (SSSR count). The highest BCUT2D eigenvalue weighted by Crippen LogP contribution is 2.16. The second-order valence-corrected chi connectivity index (χ2v) is 6.58. The second-order valence-electron chi connectivity index (χ2n) is 4.68. The van der Waals surface area contributed by atoms with Gasteiger partial charge in [-0.2, -0.15) is 0 Å². The van der Waals surface area contributed by atoms with Crippen LogP contribution in [0.5, 0.6) is 0 Å². The zero-order valence-electron chi connectivity index (χ0n) is 11.7. The van der Waals surface area contributed by atoms with E-state index in [1.807, 2.05) is 18.2 Å². The predicted octanol–water partition coefficient (Wildman–Crippen LogP) is 3.27. The molecule has 0 bridgehead atoms. The molecule has 3 unspecified atom stereocenters. The molecule has 0 spiro atoms. The van der Waals surface area contributed by atoms with Crippen LogP contribution in [0.25, 0.3) is 0 Å². The van der Waals surface area contributed by atoms with Gasteiger partial charge in [0.15, 0.2) is 0 Å². The smallest absolute Gasteiger partial charge is 0.0436 e. The van der Waals surface area contributed by atoms with Crippen LogP contribution in [-0.2, 0) is 10.8 Å². The second kappa shape index (κ2) is 8.44. The number of rotatable bonds is 8. The summed E-state index contributed by atoms with van der Waals surface area (Å²) in [5.41, 5.74) is 1.24. The van der Waals surface area contributed by atoms with Gasteiger partial charge in [0.25, 0.3) is 0 Å². The molecule has 3 heteroatoms. The molecule has 1 N–H and O–H groups in total. The highest BCUT2D eigenvalue weighted by molar-refractivity contribution is 7.85. The summed E-state index contributed by atoms with van der Waals surface area (Å²) in [5, 5.41) is 3.78. The van der Waals surface area contributed by atoms with Crippen LogP contribution in [0.15, 0.2) is 30.3 Å². The van der Waals surface area contributed by atoms with Gasteiger partial charge in [0.1, 0.15) is 0 Å². The maximum absolute atomic E-state index is 12.2. The lowest BCUT2D eigenvalue weighted by atomic mass is 10.1. The van der Waals surface area contributed by atoms with Crippen LogP contribution in [0.1, 0.15) is 45.2 Å². The fraction of sp³-hybridized carbons (Fsp3) is 0.600. The largest absolute Gasteiger partial charge is 0.309 e. The van der Waals surface area contributed by atoms with Gasteiger partial charge in [-0.1, -0.05) is 51.1 Å². The van der Waals surface area contributed by atoms with Gasteiger partial charge in [0.05, 0.1) is 0 Å². The SMILES string of the molecule is CCCNC(CS(=O)C(C)CC)c1ccccc1. The van der Waals surface area contributed by atoms with E-state index in [9.17, 15) is 4.21 Å². The molecule has 18 heavy (non-hydrogen) atoms. The molecule has 1 aromatic carbocycles. The lowest BCUT2D eigenvalue weighted by molar-refractivity contribution is 0.567. The Bertz CT molecular complexity index is 353. The van der Waals surface area contributed by atoms with Crippen molar-refractivity contribution in [3.63, 3.8) is 0 Å². The van der Waals surface area contributed by atoms with Crippen molar-refractivity contribution in [1.82, 2.24) is 5.32 Å². The zero-order chi connectivity index (χ0) is 13.4. The molecular weight excluding hydrogens is 242 g/mol. The first-order valence-electron chi connectivity index (χ1n) is 6.84. The molecule has 0 amide bonds. The summed E-state index contributed by atoms with van der Waals surface area (Å²) >= 11 is 0. The fourth-order valence-electron chi connectivity index (χ4n) is 1.79. The Hall–Kier alpha value is -0.670. The number of nitrogens with one attached hydrogen (secondary N) is 1. The maximum Gasteiger partial charge on any atom is 0.0436 e. The predicted molar refractivity (Wildman–Crippen MR) is 80.2 cm³/mol. The Balaban J connectivity index is 2.70. The monoisotopic (exact) mass is 267 g/mol. The van der Waals surface area contributed by atoms with Crippen LogP contribution in [0, 0.1) is 0 Å². The van der Waals surface area contributed by atoms with Crippen molar-refractivity contribution in [2.24, 2.45) is 0 Å². The highest BCUT2D eigenvalue weighted by atomic mass is 32.2. The first-order chi connectivity index (χ1) is 8.69. The molecule has 0 aromatic heterocycles. The molecule has 0 saturated carbocycles. The number of hydrogen-bond donors (Lipinski definition) is 1. The summed E-state index contributed by atoms with van der Waals surface area (Å²) in [7, 11) is -0.761. The Morgan fingerprint density at radius 3 is 2.44 bits per heavy atom. The van der Waals surface area contributed by atoms with Crippen molar-refractivity contribution in [3.8, 4) is 0 Å². The van der Waals surface area contributed by atoms with E-state index in [0.29, 0.717) is 5.75 Å². The molecule has 0 fully saturated rings. The minimum absolute atomic E-state index is 0.209. The van der Waals surface area contributed by atoms with Crippen LogP contribution >= 0.6 is 0 Å². The third-order valence-electron chi connectivity index (χ3n) is 3.20.